The number of amides is 1. The molecule has 1 aliphatic rings. The number of piperidine rings is 1. The monoisotopic (exact) mass is 283 g/mol. The highest BCUT2D eigenvalue weighted by Crippen LogP contribution is 2.18. The molecule has 4 heteroatoms. The van der Waals surface area contributed by atoms with Gasteiger partial charge in [-0.15, -0.1) is 0 Å². The zero-order valence-corrected chi connectivity index (χ0v) is 12.4. The van der Waals surface area contributed by atoms with E-state index in [-0.39, 0.29) is 5.91 Å². The van der Waals surface area contributed by atoms with Gasteiger partial charge >= 0.3 is 0 Å². The smallest absolute Gasteiger partial charge is 0.252 e. The maximum atomic E-state index is 12.5. The molecule has 0 spiro atoms. The molecule has 21 heavy (non-hydrogen) atoms. The van der Waals surface area contributed by atoms with Crippen LogP contribution in [-0.2, 0) is 0 Å². The Hall–Kier alpha value is -1.94. The number of nitrogens with one attached hydrogen (secondary N) is 2. The van der Waals surface area contributed by atoms with E-state index in [1.165, 1.54) is 0 Å². The van der Waals surface area contributed by atoms with Gasteiger partial charge in [-0.2, -0.15) is 0 Å². The summed E-state index contributed by atoms with van der Waals surface area (Å²) in [4.78, 5) is 17.0. The molecule has 1 aromatic carbocycles. The van der Waals surface area contributed by atoms with Crippen molar-refractivity contribution in [3.8, 4) is 0 Å². The molecule has 0 radical (unpaired) electrons. The van der Waals surface area contributed by atoms with E-state index in [4.69, 9.17) is 0 Å². The number of aryl methyl sites for hydroxylation is 1. The van der Waals surface area contributed by atoms with Gasteiger partial charge in [0.05, 0.1) is 11.1 Å². The van der Waals surface area contributed by atoms with Gasteiger partial charge in [0.2, 0.25) is 0 Å². The van der Waals surface area contributed by atoms with Gasteiger partial charge in [-0.1, -0.05) is 18.2 Å². The number of pyridine rings is 1. The van der Waals surface area contributed by atoms with E-state index < -0.39 is 0 Å². The van der Waals surface area contributed by atoms with Gasteiger partial charge < -0.3 is 10.6 Å². The Morgan fingerprint density at radius 1 is 1.33 bits per heavy atom. The Bertz CT molecular complexity index is 648. The normalized spacial score (nSPS) is 16.0. The summed E-state index contributed by atoms with van der Waals surface area (Å²) < 4.78 is 0. The van der Waals surface area contributed by atoms with Crippen molar-refractivity contribution in [1.82, 2.24) is 15.6 Å². The molecule has 3 rings (SSSR count). The number of carbonyl (C=O) groups is 1. The van der Waals surface area contributed by atoms with E-state index in [1.807, 2.05) is 37.3 Å². The molecule has 1 aliphatic heterocycles. The molecular weight excluding hydrogens is 262 g/mol. The number of rotatable bonds is 3. The number of hydrogen-bond donors (Lipinski definition) is 2. The number of para-hydroxylation sites is 1. The molecule has 1 fully saturated rings. The van der Waals surface area contributed by atoms with Crippen LogP contribution < -0.4 is 10.6 Å². The van der Waals surface area contributed by atoms with Gasteiger partial charge in [0.25, 0.3) is 5.91 Å². The molecule has 110 valence electrons. The van der Waals surface area contributed by atoms with E-state index in [0.717, 1.165) is 54.6 Å². The van der Waals surface area contributed by atoms with E-state index in [0.29, 0.717) is 5.92 Å². The summed E-state index contributed by atoms with van der Waals surface area (Å²) in [5, 5.41) is 7.36. The highest BCUT2D eigenvalue weighted by Gasteiger charge is 2.16. The number of fused-ring (bicyclic) bond motifs is 1. The molecule has 4 nitrogen and oxygen atoms in total. The highest BCUT2D eigenvalue weighted by atomic mass is 16.1. The number of carbonyl (C=O) groups excluding carboxylic acids is 1. The summed E-state index contributed by atoms with van der Waals surface area (Å²) in [6.45, 7) is 4.79. The Morgan fingerprint density at radius 3 is 2.90 bits per heavy atom. The zero-order chi connectivity index (χ0) is 14.7. The standard InChI is InChI=1S/C17H21N3O/c1-12-10-15(14-4-2-3-5-16(14)20-12)17(21)19-11-13-6-8-18-9-7-13/h2-5,10,13,18H,6-9,11H2,1H3,(H,19,21). The van der Waals surface area contributed by atoms with Gasteiger partial charge in [-0.05, 0) is 50.9 Å². The van der Waals surface area contributed by atoms with Crippen LogP contribution in [0.4, 0.5) is 0 Å². The number of benzene rings is 1. The van der Waals surface area contributed by atoms with Crippen LogP contribution in [0.1, 0.15) is 28.9 Å². The van der Waals surface area contributed by atoms with Crippen LogP contribution in [0.5, 0.6) is 0 Å². The number of nitrogens with zero attached hydrogens (tertiary/aromatic N) is 1. The molecule has 0 bridgehead atoms. The molecule has 1 amide bonds. The van der Waals surface area contributed by atoms with Crippen molar-refractivity contribution in [2.24, 2.45) is 5.92 Å². The second kappa shape index (κ2) is 6.22. The fraction of sp³-hybridized carbons (Fsp3) is 0.412. The summed E-state index contributed by atoms with van der Waals surface area (Å²) in [5.74, 6) is 0.597. The van der Waals surface area contributed by atoms with Crippen LogP contribution in [0.15, 0.2) is 30.3 Å². The molecule has 0 atom stereocenters. The maximum absolute atomic E-state index is 12.5. The average molecular weight is 283 g/mol. The zero-order valence-electron chi connectivity index (χ0n) is 12.4. The highest BCUT2D eigenvalue weighted by molar-refractivity contribution is 6.06. The maximum Gasteiger partial charge on any atom is 0.252 e. The van der Waals surface area contributed by atoms with Crippen LogP contribution in [0, 0.1) is 12.8 Å². The van der Waals surface area contributed by atoms with Crippen LogP contribution >= 0.6 is 0 Å². The average Bonchev–Trinajstić information content (AvgIpc) is 2.52. The van der Waals surface area contributed by atoms with Crippen molar-refractivity contribution in [2.75, 3.05) is 19.6 Å². The fourth-order valence-corrected chi connectivity index (χ4v) is 2.91. The second-order valence-corrected chi connectivity index (χ2v) is 5.73. The van der Waals surface area contributed by atoms with E-state index >= 15 is 0 Å². The summed E-state index contributed by atoms with van der Waals surface area (Å²) in [6.07, 6.45) is 2.27. The first-order chi connectivity index (χ1) is 10.2. The summed E-state index contributed by atoms with van der Waals surface area (Å²) in [6, 6.07) is 9.68. The first kappa shape index (κ1) is 14.0. The van der Waals surface area contributed by atoms with Crippen molar-refractivity contribution in [1.29, 1.82) is 0 Å². The molecule has 2 heterocycles. The van der Waals surface area contributed by atoms with Gasteiger partial charge in [-0.3, -0.25) is 9.78 Å². The minimum atomic E-state index is 0.00947. The summed E-state index contributed by atoms with van der Waals surface area (Å²) in [5.41, 5.74) is 2.48. The molecule has 2 aromatic rings. The number of aromatic nitrogens is 1. The van der Waals surface area contributed by atoms with Gasteiger partial charge in [0.1, 0.15) is 0 Å². The van der Waals surface area contributed by atoms with E-state index in [9.17, 15) is 4.79 Å². The number of hydrogen-bond acceptors (Lipinski definition) is 3. The van der Waals surface area contributed by atoms with Gasteiger partial charge in [-0.25, -0.2) is 0 Å². The Balaban J connectivity index is 1.77. The molecule has 1 saturated heterocycles. The quantitative estimate of drug-likeness (QED) is 0.908. The lowest BCUT2D eigenvalue weighted by atomic mass is 9.98. The van der Waals surface area contributed by atoms with Crippen LogP contribution in [0.3, 0.4) is 0 Å². The van der Waals surface area contributed by atoms with Crippen LogP contribution in [-0.4, -0.2) is 30.5 Å². The summed E-state index contributed by atoms with van der Waals surface area (Å²) >= 11 is 0. The largest absolute Gasteiger partial charge is 0.352 e. The first-order valence-electron chi connectivity index (χ1n) is 7.59. The molecule has 0 aliphatic carbocycles. The Kier molecular flexibility index (Phi) is 4.15. The second-order valence-electron chi connectivity index (χ2n) is 5.73. The molecule has 0 unspecified atom stereocenters. The summed E-state index contributed by atoms with van der Waals surface area (Å²) in [7, 11) is 0. The van der Waals surface area contributed by atoms with Crippen molar-refractivity contribution < 1.29 is 4.79 Å². The molecule has 0 saturated carbocycles. The van der Waals surface area contributed by atoms with Crippen LogP contribution in [0.2, 0.25) is 0 Å². The SMILES string of the molecule is Cc1cc(C(=O)NCC2CCNCC2)c2ccccc2n1. The topological polar surface area (TPSA) is 54.0 Å². The van der Waals surface area contributed by atoms with E-state index in [2.05, 4.69) is 15.6 Å². The van der Waals surface area contributed by atoms with Gasteiger partial charge in [0, 0.05) is 17.6 Å². The van der Waals surface area contributed by atoms with Crippen molar-refractivity contribution >= 4 is 16.8 Å². The minimum absolute atomic E-state index is 0.00947. The molecular formula is C17H21N3O. The first-order valence-corrected chi connectivity index (χ1v) is 7.59. The lowest BCUT2D eigenvalue weighted by Gasteiger charge is -2.22. The van der Waals surface area contributed by atoms with Gasteiger partial charge in [0.15, 0.2) is 0 Å². The predicted molar refractivity (Wildman–Crippen MR) is 84.4 cm³/mol. The van der Waals surface area contributed by atoms with Crippen LogP contribution in [0.25, 0.3) is 10.9 Å². The van der Waals surface area contributed by atoms with Crippen molar-refractivity contribution in [3.63, 3.8) is 0 Å². The minimum Gasteiger partial charge on any atom is -0.352 e. The third-order valence-corrected chi connectivity index (χ3v) is 4.10. The fourth-order valence-electron chi connectivity index (χ4n) is 2.91. The lowest BCUT2D eigenvalue weighted by Crippen LogP contribution is -2.36. The van der Waals surface area contributed by atoms with E-state index in [1.54, 1.807) is 0 Å². The van der Waals surface area contributed by atoms with Crippen molar-refractivity contribution in [2.45, 2.75) is 19.8 Å². The molecule has 2 N–H and O–H groups in total. The Labute approximate surface area is 125 Å². The third kappa shape index (κ3) is 3.22. The lowest BCUT2D eigenvalue weighted by molar-refractivity contribution is 0.0945. The third-order valence-electron chi connectivity index (χ3n) is 4.10. The molecule has 1 aromatic heterocycles. The Morgan fingerprint density at radius 2 is 2.10 bits per heavy atom. The predicted octanol–water partition coefficient (Wildman–Crippen LogP) is 2.27. The van der Waals surface area contributed by atoms with Crippen molar-refractivity contribution in [3.05, 3.63) is 41.6 Å².